The average molecular weight is 228 g/mol. The van der Waals surface area contributed by atoms with Crippen LogP contribution in [0.1, 0.15) is 22.3 Å². The van der Waals surface area contributed by atoms with E-state index < -0.39 is 0 Å². The number of rotatable bonds is 4. The van der Waals surface area contributed by atoms with Crippen LogP contribution in [0.25, 0.3) is 0 Å². The lowest BCUT2D eigenvalue weighted by Crippen LogP contribution is -1.91. The first-order chi connectivity index (χ1) is 8.31. The van der Waals surface area contributed by atoms with Crippen LogP contribution >= 0.6 is 0 Å². The highest BCUT2D eigenvalue weighted by atomic mass is 16.3. The van der Waals surface area contributed by atoms with E-state index in [0.29, 0.717) is 0 Å². The zero-order chi connectivity index (χ0) is 12.1. The minimum Gasteiger partial charge on any atom is -0.392 e. The summed E-state index contributed by atoms with van der Waals surface area (Å²) in [4.78, 5) is 0. The lowest BCUT2D eigenvalue weighted by molar-refractivity contribution is 0.281. The van der Waals surface area contributed by atoms with Gasteiger partial charge in [0.05, 0.1) is 13.2 Å². The largest absolute Gasteiger partial charge is 0.392 e. The Morgan fingerprint density at radius 2 is 1.24 bits per heavy atom. The highest BCUT2D eigenvalue weighted by Crippen LogP contribution is 2.12. The molecule has 88 valence electrons. The first-order valence-electron chi connectivity index (χ1n) is 5.69. The molecule has 2 N–H and O–H groups in total. The Kier molecular flexibility index (Phi) is 3.91. The molecule has 2 aromatic carbocycles. The zero-order valence-corrected chi connectivity index (χ0v) is 9.63. The molecule has 0 aliphatic heterocycles. The molecule has 0 amide bonds. The number of hydrogen-bond donors (Lipinski definition) is 2. The van der Waals surface area contributed by atoms with Crippen LogP contribution in [-0.2, 0) is 19.6 Å². The van der Waals surface area contributed by atoms with Gasteiger partial charge >= 0.3 is 0 Å². The fraction of sp³-hybridized carbons (Fsp3) is 0.200. The van der Waals surface area contributed by atoms with Gasteiger partial charge in [0.1, 0.15) is 0 Å². The van der Waals surface area contributed by atoms with Crippen LogP contribution in [0.2, 0.25) is 0 Å². The molecule has 2 heteroatoms. The fourth-order valence-electron chi connectivity index (χ4n) is 1.84. The number of benzene rings is 2. The third-order valence-corrected chi connectivity index (χ3v) is 2.79. The van der Waals surface area contributed by atoms with E-state index in [9.17, 15) is 0 Å². The molecule has 2 rings (SSSR count). The third kappa shape index (κ3) is 3.16. The van der Waals surface area contributed by atoms with Crippen molar-refractivity contribution in [1.29, 1.82) is 0 Å². The van der Waals surface area contributed by atoms with Gasteiger partial charge in [-0.15, -0.1) is 0 Å². The first kappa shape index (κ1) is 11.8. The Hall–Kier alpha value is -1.64. The molecule has 0 saturated carbocycles. The summed E-state index contributed by atoms with van der Waals surface area (Å²) in [5.74, 6) is 0. The monoisotopic (exact) mass is 228 g/mol. The first-order valence-corrected chi connectivity index (χ1v) is 5.69. The molecule has 0 bridgehead atoms. The van der Waals surface area contributed by atoms with Crippen LogP contribution in [0.15, 0.2) is 48.5 Å². The normalized spacial score (nSPS) is 10.5. The van der Waals surface area contributed by atoms with E-state index in [4.69, 9.17) is 10.2 Å². The minimum atomic E-state index is 0.0806. The van der Waals surface area contributed by atoms with Gasteiger partial charge in [0.25, 0.3) is 0 Å². The van der Waals surface area contributed by atoms with Crippen LogP contribution in [0.3, 0.4) is 0 Å². The number of aliphatic hydroxyl groups excluding tert-OH is 2. The van der Waals surface area contributed by atoms with Crippen molar-refractivity contribution in [3.8, 4) is 0 Å². The van der Waals surface area contributed by atoms with E-state index >= 15 is 0 Å². The van der Waals surface area contributed by atoms with Gasteiger partial charge in [-0.25, -0.2) is 0 Å². The molecule has 0 unspecified atom stereocenters. The van der Waals surface area contributed by atoms with Crippen LogP contribution in [0.4, 0.5) is 0 Å². The van der Waals surface area contributed by atoms with Crippen LogP contribution in [0.5, 0.6) is 0 Å². The molecule has 0 aromatic heterocycles. The summed E-state index contributed by atoms with van der Waals surface area (Å²) in [7, 11) is 0. The SMILES string of the molecule is OCc1ccc(Cc2cccc(CO)c2)cc1. The standard InChI is InChI=1S/C15H16O2/c16-10-13-6-4-12(5-7-13)8-14-2-1-3-15(9-14)11-17/h1-7,9,16-17H,8,10-11H2. The van der Waals surface area contributed by atoms with Crippen molar-refractivity contribution in [3.05, 3.63) is 70.8 Å². The lowest BCUT2D eigenvalue weighted by atomic mass is 10.0. The summed E-state index contributed by atoms with van der Waals surface area (Å²) in [6.45, 7) is 0.164. The molecule has 0 saturated heterocycles. The predicted molar refractivity (Wildman–Crippen MR) is 67.5 cm³/mol. The number of aliphatic hydroxyl groups is 2. The van der Waals surface area contributed by atoms with Gasteiger partial charge in [0, 0.05) is 0 Å². The Labute approximate surface area is 101 Å². The van der Waals surface area contributed by atoms with Crippen LogP contribution in [-0.4, -0.2) is 10.2 Å². The lowest BCUT2D eigenvalue weighted by Gasteiger charge is -2.05. The summed E-state index contributed by atoms with van der Waals surface area (Å²) < 4.78 is 0. The molecule has 0 heterocycles. The van der Waals surface area contributed by atoms with E-state index in [-0.39, 0.29) is 13.2 Å². The second-order valence-corrected chi connectivity index (χ2v) is 4.13. The van der Waals surface area contributed by atoms with Crippen molar-refractivity contribution in [1.82, 2.24) is 0 Å². The van der Waals surface area contributed by atoms with Crippen molar-refractivity contribution < 1.29 is 10.2 Å². The maximum atomic E-state index is 9.07. The van der Waals surface area contributed by atoms with Gasteiger partial charge in [-0.1, -0.05) is 48.5 Å². The smallest absolute Gasteiger partial charge is 0.0681 e. The summed E-state index contributed by atoms with van der Waals surface area (Å²) in [6, 6.07) is 15.9. The van der Waals surface area contributed by atoms with Crippen molar-refractivity contribution >= 4 is 0 Å². The minimum absolute atomic E-state index is 0.0806. The van der Waals surface area contributed by atoms with E-state index in [0.717, 1.165) is 17.5 Å². The topological polar surface area (TPSA) is 40.5 Å². The Morgan fingerprint density at radius 1 is 0.647 bits per heavy atom. The molecule has 0 atom stereocenters. The summed E-state index contributed by atoms with van der Waals surface area (Å²) in [5.41, 5.74) is 4.26. The molecule has 0 radical (unpaired) electrons. The maximum absolute atomic E-state index is 9.07. The molecule has 17 heavy (non-hydrogen) atoms. The second-order valence-electron chi connectivity index (χ2n) is 4.13. The highest BCUT2D eigenvalue weighted by molar-refractivity contribution is 5.30. The van der Waals surface area contributed by atoms with Gasteiger partial charge in [-0.3, -0.25) is 0 Å². The van der Waals surface area contributed by atoms with Crippen LogP contribution < -0.4 is 0 Å². The summed E-state index contributed by atoms with van der Waals surface area (Å²) in [6.07, 6.45) is 0.847. The quantitative estimate of drug-likeness (QED) is 0.842. The van der Waals surface area contributed by atoms with Gasteiger partial charge < -0.3 is 10.2 Å². The van der Waals surface area contributed by atoms with Crippen LogP contribution in [0, 0.1) is 0 Å². The summed E-state index contributed by atoms with van der Waals surface area (Å²) >= 11 is 0. The van der Waals surface area contributed by atoms with Gasteiger partial charge in [0.2, 0.25) is 0 Å². The molecular formula is C15H16O2. The third-order valence-electron chi connectivity index (χ3n) is 2.79. The zero-order valence-electron chi connectivity index (χ0n) is 9.63. The van der Waals surface area contributed by atoms with Gasteiger partial charge in [0.15, 0.2) is 0 Å². The van der Waals surface area contributed by atoms with E-state index in [1.165, 1.54) is 11.1 Å². The predicted octanol–water partition coefficient (Wildman–Crippen LogP) is 2.26. The second kappa shape index (κ2) is 5.62. The molecule has 0 aliphatic rings. The molecule has 2 aromatic rings. The molecule has 0 spiro atoms. The Balaban J connectivity index is 2.13. The maximum Gasteiger partial charge on any atom is 0.0681 e. The van der Waals surface area contributed by atoms with Gasteiger partial charge in [-0.05, 0) is 28.7 Å². The van der Waals surface area contributed by atoms with E-state index in [1.54, 1.807) is 0 Å². The summed E-state index contributed by atoms with van der Waals surface area (Å²) in [5, 5.41) is 18.0. The van der Waals surface area contributed by atoms with Gasteiger partial charge in [-0.2, -0.15) is 0 Å². The fourth-order valence-corrected chi connectivity index (χ4v) is 1.84. The Bertz CT molecular complexity index is 475. The van der Waals surface area contributed by atoms with Crippen molar-refractivity contribution in [2.45, 2.75) is 19.6 Å². The Morgan fingerprint density at radius 3 is 1.88 bits per heavy atom. The highest BCUT2D eigenvalue weighted by Gasteiger charge is 1.98. The van der Waals surface area contributed by atoms with Crippen molar-refractivity contribution in [2.75, 3.05) is 0 Å². The van der Waals surface area contributed by atoms with Crippen molar-refractivity contribution in [2.24, 2.45) is 0 Å². The van der Waals surface area contributed by atoms with Crippen molar-refractivity contribution in [3.63, 3.8) is 0 Å². The van der Waals surface area contributed by atoms with E-state index in [2.05, 4.69) is 6.07 Å². The molecule has 2 nitrogen and oxygen atoms in total. The average Bonchev–Trinajstić information content (AvgIpc) is 2.40. The molecule has 0 aliphatic carbocycles. The molecular weight excluding hydrogens is 212 g/mol. The molecule has 0 fully saturated rings. The number of hydrogen-bond acceptors (Lipinski definition) is 2. The van der Waals surface area contributed by atoms with E-state index in [1.807, 2.05) is 42.5 Å².